The fourth-order valence-electron chi connectivity index (χ4n) is 2.32. The van der Waals surface area contributed by atoms with Crippen LogP contribution in [0.25, 0.3) is 0 Å². The molecule has 0 unspecified atom stereocenters. The Balaban J connectivity index is 2.25. The van der Waals surface area contributed by atoms with E-state index in [0.717, 1.165) is 4.31 Å². The van der Waals surface area contributed by atoms with Gasteiger partial charge < -0.3 is 4.74 Å². The zero-order chi connectivity index (χ0) is 20.4. The molecule has 0 bridgehead atoms. The zero-order valence-electron chi connectivity index (χ0n) is 15.4. The van der Waals surface area contributed by atoms with Crippen LogP contribution in [-0.2, 0) is 14.8 Å². The second kappa shape index (κ2) is 8.21. The van der Waals surface area contributed by atoms with Crippen LogP contribution in [0.4, 0.5) is 0 Å². The normalized spacial score (nSPS) is 12.7. The summed E-state index contributed by atoms with van der Waals surface area (Å²) in [5, 5.41) is 0.491. The Kier molecular flexibility index (Phi) is 6.41. The summed E-state index contributed by atoms with van der Waals surface area (Å²) in [4.78, 5) is 24.9. The lowest BCUT2D eigenvalue weighted by Gasteiger charge is -2.15. The molecule has 27 heavy (non-hydrogen) atoms. The van der Waals surface area contributed by atoms with Crippen molar-refractivity contribution in [3.05, 3.63) is 64.2 Å². The molecule has 6 nitrogen and oxygen atoms in total. The van der Waals surface area contributed by atoms with Crippen molar-refractivity contribution in [2.24, 2.45) is 0 Å². The summed E-state index contributed by atoms with van der Waals surface area (Å²) in [5.41, 5.74) is 0.998. The van der Waals surface area contributed by atoms with E-state index in [2.05, 4.69) is 0 Å². The number of benzene rings is 2. The number of ether oxygens (including phenoxy) is 1. The molecule has 2 aromatic rings. The second-order valence-corrected chi connectivity index (χ2v) is 8.77. The average molecular weight is 410 g/mol. The van der Waals surface area contributed by atoms with E-state index in [4.69, 9.17) is 16.3 Å². The number of hydrogen-bond acceptors (Lipinski definition) is 5. The maximum absolute atomic E-state index is 12.5. The standard InChI is InChI=1S/C19H20ClNO5S/c1-12-5-10-16(27(24,25)21(3)4)11-17(12)19(23)26-13(2)18(22)14-6-8-15(20)9-7-14/h5-11,13H,1-4H3/t13-/m1/s1. The molecule has 1 atom stereocenters. The van der Waals surface area contributed by atoms with Gasteiger partial charge >= 0.3 is 5.97 Å². The number of carbonyl (C=O) groups is 2. The molecule has 8 heteroatoms. The van der Waals surface area contributed by atoms with Gasteiger partial charge in [0.15, 0.2) is 6.10 Å². The van der Waals surface area contributed by atoms with Gasteiger partial charge in [-0.05, 0) is 55.8 Å². The monoisotopic (exact) mass is 409 g/mol. The number of halogens is 1. The third-order valence-corrected chi connectivity index (χ3v) is 6.05. The van der Waals surface area contributed by atoms with E-state index in [0.29, 0.717) is 16.1 Å². The number of sulfonamides is 1. The number of Topliss-reactive ketones (excluding diaryl/α,β-unsaturated/α-hetero) is 1. The van der Waals surface area contributed by atoms with Crippen LogP contribution < -0.4 is 0 Å². The van der Waals surface area contributed by atoms with Crippen LogP contribution in [0.3, 0.4) is 0 Å². The molecule has 2 aromatic carbocycles. The van der Waals surface area contributed by atoms with E-state index in [1.807, 2.05) is 0 Å². The molecule has 0 N–H and O–H groups in total. The van der Waals surface area contributed by atoms with Gasteiger partial charge in [-0.1, -0.05) is 17.7 Å². The van der Waals surface area contributed by atoms with Gasteiger partial charge in [-0.25, -0.2) is 17.5 Å². The lowest BCUT2D eigenvalue weighted by Crippen LogP contribution is -2.25. The number of carbonyl (C=O) groups excluding carboxylic acids is 2. The Morgan fingerprint density at radius 1 is 1.07 bits per heavy atom. The van der Waals surface area contributed by atoms with E-state index in [9.17, 15) is 18.0 Å². The summed E-state index contributed by atoms with van der Waals surface area (Å²) in [7, 11) is -0.890. The summed E-state index contributed by atoms with van der Waals surface area (Å²) in [6.45, 7) is 3.12. The summed E-state index contributed by atoms with van der Waals surface area (Å²) >= 11 is 5.80. The Bertz CT molecular complexity index is 968. The summed E-state index contributed by atoms with van der Waals surface area (Å²) < 4.78 is 30.9. The molecule has 0 saturated carbocycles. The molecular weight excluding hydrogens is 390 g/mol. The molecule has 0 aliphatic rings. The van der Waals surface area contributed by atoms with Gasteiger partial charge in [0.25, 0.3) is 0 Å². The van der Waals surface area contributed by atoms with E-state index in [-0.39, 0.29) is 16.2 Å². The molecule has 0 aliphatic heterocycles. The third-order valence-electron chi connectivity index (χ3n) is 3.99. The SMILES string of the molecule is Cc1ccc(S(=O)(=O)N(C)C)cc1C(=O)O[C@H](C)C(=O)c1ccc(Cl)cc1. The molecule has 144 valence electrons. The van der Waals surface area contributed by atoms with Crippen molar-refractivity contribution in [2.75, 3.05) is 14.1 Å². The number of rotatable bonds is 6. The van der Waals surface area contributed by atoms with Crippen molar-refractivity contribution in [3.8, 4) is 0 Å². The lowest BCUT2D eigenvalue weighted by atomic mass is 10.1. The molecular formula is C19H20ClNO5S. The van der Waals surface area contributed by atoms with Crippen LogP contribution in [0.15, 0.2) is 47.4 Å². The molecule has 0 fully saturated rings. The number of aryl methyl sites for hydroxylation is 1. The van der Waals surface area contributed by atoms with Crippen LogP contribution >= 0.6 is 11.6 Å². The van der Waals surface area contributed by atoms with Gasteiger partial charge in [-0.3, -0.25) is 4.79 Å². The van der Waals surface area contributed by atoms with E-state index < -0.39 is 22.1 Å². The van der Waals surface area contributed by atoms with E-state index in [1.54, 1.807) is 31.2 Å². The first-order valence-corrected chi connectivity index (χ1v) is 9.89. The van der Waals surface area contributed by atoms with Gasteiger partial charge in [0.1, 0.15) is 0 Å². The van der Waals surface area contributed by atoms with Crippen molar-refractivity contribution in [1.82, 2.24) is 4.31 Å². The Hall–Kier alpha value is -2.22. The Morgan fingerprint density at radius 3 is 2.22 bits per heavy atom. The van der Waals surface area contributed by atoms with Crippen LogP contribution in [0.1, 0.15) is 33.2 Å². The smallest absolute Gasteiger partial charge is 0.339 e. The summed E-state index contributed by atoms with van der Waals surface area (Å²) in [6, 6.07) is 10.4. The number of hydrogen-bond donors (Lipinski definition) is 0. The van der Waals surface area contributed by atoms with E-state index in [1.165, 1.54) is 39.2 Å². The van der Waals surface area contributed by atoms with Crippen LogP contribution in [-0.4, -0.2) is 44.7 Å². The predicted molar refractivity (Wildman–Crippen MR) is 103 cm³/mol. The number of esters is 1. The van der Waals surface area contributed by atoms with Crippen LogP contribution in [0, 0.1) is 6.92 Å². The lowest BCUT2D eigenvalue weighted by molar-refractivity contribution is 0.0318. The molecule has 2 rings (SSSR count). The summed E-state index contributed by atoms with van der Waals surface area (Å²) in [6.07, 6.45) is -1.04. The Labute approximate surface area is 163 Å². The highest BCUT2D eigenvalue weighted by molar-refractivity contribution is 7.89. The molecule has 0 heterocycles. The third kappa shape index (κ3) is 4.74. The fraction of sp³-hybridized carbons (Fsp3) is 0.263. The maximum atomic E-state index is 12.5. The first-order valence-electron chi connectivity index (χ1n) is 8.08. The molecule has 0 amide bonds. The summed E-state index contributed by atoms with van der Waals surface area (Å²) in [5.74, 6) is -1.15. The van der Waals surface area contributed by atoms with Gasteiger partial charge in [0.05, 0.1) is 10.5 Å². The molecule has 0 aliphatic carbocycles. The van der Waals surface area contributed by atoms with Crippen molar-refractivity contribution in [3.63, 3.8) is 0 Å². The van der Waals surface area contributed by atoms with Crippen molar-refractivity contribution in [1.29, 1.82) is 0 Å². The number of nitrogens with zero attached hydrogens (tertiary/aromatic N) is 1. The minimum atomic E-state index is -3.70. The molecule has 0 saturated heterocycles. The van der Waals surface area contributed by atoms with Crippen molar-refractivity contribution >= 4 is 33.4 Å². The van der Waals surface area contributed by atoms with Gasteiger partial charge in [0.2, 0.25) is 15.8 Å². The topological polar surface area (TPSA) is 80.8 Å². The minimum Gasteiger partial charge on any atom is -0.451 e. The zero-order valence-corrected chi connectivity index (χ0v) is 17.0. The first-order chi connectivity index (χ1) is 12.5. The second-order valence-electron chi connectivity index (χ2n) is 6.18. The van der Waals surface area contributed by atoms with Crippen LogP contribution in [0.5, 0.6) is 0 Å². The largest absolute Gasteiger partial charge is 0.451 e. The average Bonchev–Trinajstić information content (AvgIpc) is 2.61. The predicted octanol–water partition coefficient (Wildman–Crippen LogP) is 3.33. The maximum Gasteiger partial charge on any atom is 0.339 e. The van der Waals surface area contributed by atoms with Gasteiger partial charge in [-0.15, -0.1) is 0 Å². The van der Waals surface area contributed by atoms with Gasteiger partial charge in [-0.2, -0.15) is 0 Å². The fourth-order valence-corrected chi connectivity index (χ4v) is 3.37. The molecule has 0 aromatic heterocycles. The molecule has 0 radical (unpaired) electrons. The highest BCUT2D eigenvalue weighted by Gasteiger charge is 2.24. The van der Waals surface area contributed by atoms with Crippen molar-refractivity contribution < 1.29 is 22.7 Å². The quantitative estimate of drug-likeness (QED) is 0.540. The Morgan fingerprint density at radius 2 is 1.67 bits per heavy atom. The van der Waals surface area contributed by atoms with E-state index >= 15 is 0 Å². The highest BCUT2D eigenvalue weighted by atomic mass is 35.5. The minimum absolute atomic E-state index is 0.0262. The first kappa shape index (κ1) is 21.1. The van der Waals surface area contributed by atoms with Gasteiger partial charge in [0, 0.05) is 24.7 Å². The highest BCUT2D eigenvalue weighted by Crippen LogP contribution is 2.20. The molecule has 0 spiro atoms. The number of ketones is 1. The van der Waals surface area contributed by atoms with Crippen molar-refractivity contribution in [2.45, 2.75) is 24.8 Å². The van der Waals surface area contributed by atoms with Crippen LogP contribution in [0.2, 0.25) is 5.02 Å².